The van der Waals surface area contributed by atoms with Crippen LogP contribution in [0.5, 0.6) is 5.75 Å². The van der Waals surface area contributed by atoms with Crippen LogP contribution in [0.1, 0.15) is 32.3 Å². The number of nitrogens with one attached hydrogen (secondary N) is 1. The number of ether oxygens (including phenoxy) is 2. The zero-order chi connectivity index (χ0) is 18.4. The number of hydrogen-bond acceptors (Lipinski definition) is 4. The topological polar surface area (TPSA) is 67.9 Å². The van der Waals surface area contributed by atoms with Gasteiger partial charge in [0.1, 0.15) is 5.75 Å². The SMILES string of the molecule is COc1ccc(C)cc1N1CC(C(=O)NCCCOC(C)C)CC1=O. The summed E-state index contributed by atoms with van der Waals surface area (Å²) in [7, 11) is 1.58. The van der Waals surface area contributed by atoms with Crippen molar-refractivity contribution >= 4 is 17.5 Å². The maximum atomic E-state index is 12.4. The highest BCUT2D eigenvalue weighted by Crippen LogP contribution is 2.33. The summed E-state index contributed by atoms with van der Waals surface area (Å²) in [6.45, 7) is 7.49. The van der Waals surface area contributed by atoms with E-state index < -0.39 is 0 Å². The highest BCUT2D eigenvalue weighted by molar-refractivity contribution is 6.01. The maximum absolute atomic E-state index is 12.4. The van der Waals surface area contributed by atoms with E-state index in [0.717, 1.165) is 17.7 Å². The van der Waals surface area contributed by atoms with Crippen LogP contribution >= 0.6 is 0 Å². The molecule has 2 amide bonds. The van der Waals surface area contributed by atoms with Gasteiger partial charge in [0.15, 0.2) is 0 Å². The second-order valence-electron chi connectivity index (χ2n) is 6.64. The second kappa shape index (κ2) is 8.85. The summed E-state index contributed by atoms with van der Waals surface area (Å²) in [6, 6.07) is 5.70. The lowest BCUT2D eigenvalue weighted by Crippen LogP contribution is -2.34. The number of anilines is 1. The number of rotatable bonds is 8. The largest absolute Gasteiger partial charge is 0.495 e. The van der Waals surface area contributed by atoms with Crippen molar-refractivity contribution in [2.75, 3.05) is 31.7 Å². The van der Waals surface area contributed by atoms with Gasteiger partial charge in [-0.05, 0) is 44.9 Å². The lowest BCUT2D eigenvalue weighted by atomic mass is 10.1. The number of nitrogens with zero attached hydrogens (tertiary/aromatic N) is 1. The van der Waals surface area contributed by atoms with E-state index in [1.54, 1.807) is 12.0 Å². The monoisotopic (exact) mass is 348 g/mol. The van der Waals surface area contributed by atoms with E-state index in [-0.39, 0.29) is 30.3 Å². The van der Waals surface area contributed by atoms with Crippen LogP contribution in [-0.2, 0) is 14.3 Å². The average Bonchev–Trinajstić information content (AvgIpc) is 2.96. The summed E-state index contributed by atoms with van der Waals surface area (Å²) in [5, 5.41) is 2.90. The second-order valence-corrected chi connectivity index (χ2v) is 6.64. The van der Waals surface area contributed by atoms with E-state index >= 15 is 0 Å². The first-order valence-corrected chi connectivity index (χ1v) is 8.76. The molecule has 0 spiro atoms. The Morgan fingerprint density at radius 2 is 2.16 bits per heavy atom. The van der Waals surface area contributed by atoms with Crippen LogP contribution in [-0.4, -0.2) is 44.7 Å². The zero-order valence-corrected chi connectivity index (χ0v) is 15.5. The molecule has 0 radical (unpaired) electrons. The van der Waals surface area contributed by atoms with Crippen molar-refractivity contribution in [3.05, 3.63) is 23.8 Å². The summed E-state index contributed by atoms with van der Waals surface area (Å²) >= 11 is 0. The van der Waals surface area contributed by atoms with E-state index in [0.29, 0.717) is 25.4 Å². The van der Waals surface area contributed by atoms with Crippen LogP contribution in [0, 0.1) is 12.8 Å². The molecule has 1 aliphatic rings. The van der Waals surface area contributed by atoms with Gasteiger partial charge in [-0.25, -0.2) is 0 Å². The third-order valence-electron chi connectivity index (χ3n) is 4.19. The van der Waals surface area contributed by atoms with Crippen LogP contribution in [0.4, 0.5) is 5.69 Å². The number of methoxy groups -OCH3 is 1. The molecular formula is C19H28N2O4. The molecule has 6 heteroatoms. The fourth-order valence-electron chi connectivity index (χ4n) is 2.87. The fourth-order valence-corrected chi connectivity index (χ4v) is 2.87. The smallest absolute Gasteiger partial charge is 0.227 e. The molecule has 0 bridgehead atoms. The Kier molecular flexibility index (Phi) is 6.82. The minimum absolute atomic E-state index is 0.0489. The molecule has 0 saturated carbocycles. The average molecular weight is 348 g/mol. The van der Waals surface area contributed by atoms with E-state index in [2.05, 4.69) is 5.32 Å². The number of hydrogen-bond donors (Lipinski definition) is 1. The van der Waals surface area contributed by atoms with Crippen molar-refractivity contribution < 1.29 is 19.1 Å². The van der Waals surface area contributed by atoms with Crippen molar-refractivity contribution in [1.82, 2.24) is 5.32 Å². The Morgan fingerprint density at radius 1 is 1.40 bits per heavy atom. The molecule has 1 heterocycles. The highest BCUT2D eigenvalue weighted by atomic mass is 16.5. The Labute approximate surface area is 149 Å². The Bertz CT molecular complexity index is 615. The van der Waals surface area contributed by atoms with E-state index in [4.69, 9.17) is 9.47 Å². The molecule has 1 atom stereocenters. The lowest BCUT2D eigenvalue weighted by molar-refractivity contribution is -0.126. The van der Waals surface area contributed by atoms with Gasteiger partial charge in [0.05, 0.1) is 24.8 Å². The molecule has 1 saturated heterocycles. The number of carbonyl (C=O) groups excluding carboxylic acids is 2. The van der Waals surface area contributed by atoms with Crippen molar-refractivity contribution in [2.24, 2.45) is 5.92 Å². The summed E-state index contributed by atoms with van der Waals surface area (Å²) in [6.07, 6.45) is 1.19. The number of benzene rings is 1. The molecule has 0 aliphatic carbocycles. The summed E-state index contributed by atoms with van der Waals surface area (Å²) in [5.74, 6) is 0.189. The molecule has 2 rings (SSSR count). The van der Waals surface area contributed by atoms with Gasteiger partial charge >= 0.3 is 0 Å². The van der Waals surface area contributed by atoms with Crippen LogP contribution in [0.3, 0.4) is 0 Å². The summed E-state index contributed by atoms with van der Waals surface area (Å²) in [4.78, 5) is 26.4. The third-order valence-corrected chi connectivity index (χ3v) is 4.19. The van der Waals surface area contributed by atoms with Crippen molar-refractivity contribution in [3.63, 3.8) is 0 Å². The van der Waals surface area contributed by atoms with E-state index in [9.17, 15) is 9.59 Å². The predicted octanol–water partition coefficient (Wildman–Crippen LogP) is 2.29. The van der Waals surface area contributed by atoms with Gasteiger partial charge in [-0.2, -0.15) is 0 Å². The van der Waals surface area contributed by atoms with Gasteiger partial charge in [0.2, 0.25) is 11.8 Å². The molecule has 6 nitrogen and oxygen atoms in total. The molecule has 1 unspecified atom stereocenters. The fraction of sp³-hybridized carbons (Fsp3) is 0.579. The van der Waals surface area contributed by atoms with Gasteiger partial charge in [-0.15, -0.1) is 0 Å². The van der Waals surface area contributed by atoms with Gasteiger partial charge < -0.3 is 19.7 Å². The van der Waals surface area contributed by atoms with Gasteiger partial charge in [0.25, 0.3) is 0 Å². The predicted molar refractivity (Wildman–Crippen MR) is 96.9 cm³/mol. The van der Waals surface area contributed by atoms with Gasteiger partial charge in [-0.1, -0.05) is 6.07 Å². The first-order chi connectivity index (χ1) is 11.9. The summed E-state index contributed by atoms with van der Waals surface area (Å²) in [5.41, 5.74) is 1.77. The van der Waals surface area contributed by atoms with Gasteiger partial charge in [0, 0.05) is 26.1 Å². The van der Waals surface area contributed by atoms with Crippen molar-refractivity contribution in [2.45, 2.75) is 39.7 Å². The standard InChI is InChI=1S/C19H28N2O4/c1-13(2)25-9-5-8-20-19(23)15-11-18(22)21(12-15)16-10-14(3)6-7-17(16)24-4/h6-7,10,13,15H,5,8-9,11-12H2,1-4H3,(H,20,23). The molecule has 1 aliphatic heterocycles. The Morgan fingerprint density at radius 3 is 2.84 bits per heavy atom. The summed E-state index contributed by atoms with van der Waals surface area (Å²) < 4.78 is 10.8. The molecule has 25 heavy (non-hydrogen) atoms. The third kappa shape index (κ3) is 5.19. The van der Waals surface area contributed by atoms with Crippen molar-refractivity contribution in [3.8, 4) is 5.75 Å². The lowest BCUT2D eigenvalue weighted by Gasteiger charge is -2.20. The molecule has 1 aromatic rings. The van der Waals surface area contributed by atoms with Gasteiger partial charge in [-0.3, -0.25) is 9.59 Å². The normalized spacial score (nSPS) is 17.2. The van der Waals surface area contributed by atoms with E-state index in [1.165, 1.54) is 0 Å². The zero-order valence-electron chi connectivity index (χ0n) is 15.5. The minimum Gasteiger partial charge on any atom is -0.495 e. The van der Waals surface area contributed by atoms with Crippen LogP contribution in [0.25, 0.3) is 0 Å². The quantitative estimate of drug-likeness (QED) is 0.732. The first kappa shape index (κ1) is 19.2. The van der Waals surface area contributed by atoms with E-state index in [1.807, 2.05) is 39.0 Å². The number of aryl methyl sites for hydroxylation is 1. The Balaban J connectivity index is 1.91. The minimum atomic E-state index is -0.330. The van der Waals surface area contributed by atoms with Crippen LogP contribution < -0.4 is 15.0 Å². The van der Waals surface area contributed by atoms with Crippen molar-refractivity contribution in [1.29, 1.82) is 0 Å². The molecule has 1 aromatic carbocycles. The van der Waals surface area contributed by atoms with Crippen LogP contribution in [0.2, 0.25) is 0 Å². The molecule has 0 aromatic heterocycles. The number of carbonyl (C=O) groups is 2. The molecular weight excluding hydrogens is 320 g/mol. The Hall–Kier alpha value is -2.08. The molecule has 1 fully saturated rings. The van der Waals surface area contributed by atoms with Crippen LogP contribution in [0.15, 0.2) is 18.2 Å². The highest BCUT2D eigenvalue weighted by Gasteiger charge is 2.36. The number of amides is 2. The maximum Gasteiger partial charge on any atom is 0.227 e. The molecule has 138 valence electrons. The molecule has 1 N–H and O–H groups in total. The first-order valence-electron chi connectivity index (χ1n) is 8.76.